The molecule has 0 saturated heterocycles. The molecule has 3 nitrogen and oxygen atoms in total. The second-order valence-corrected chi connectivity index (χ2v) is 5.91. The molecule has 0 saturated carbocycles. The number of aliphatic imine (C=N–C) groups is 1. The van der Waals surface area contributed by atoms with E-state index in [1.54, 1.807) is 30.3 Å². The lowest BCUT2D eigenvalue weighted by Gasteiger charge is -2.07. The first-order chi connectivity index (χ1) is 12.2. The molecule has 1 atom stereocenters. The van der Waals surface area contributed by atoms with Crippen LogP contribution >= 0.6 is 0 Å². The first-order valence-corrected chi connectivity index (χ1v) is 8.05. The molecule has 25 heavy (non-hydrogen) atoms. The van der Waals surface area contributed by atoms with Crippen molar-refractivity contribution in [3.8, 4) is 16.9 Å². The van der Waals surface area contributed by atoms with E-state index in [4.69, 9.17) is 4.74 Å². The summed E-state index contributed by atoms with van der Waals surface area (Å²) in [5.74, 6) is 0.272. The molecule has 4 heteroatoms. The Morgan fingerprint density at radius 1 is 0.880 bits per heavy atom. The Morgan fingerprint density at radius 2 is 1.52 bits per heavy atom. The van der Waals surface area contributed by atoms with Crippen LogP contribution in [0.3, 0.4) is 0 Å². The van der Waals surface area contributed by atoms with Crippen molar-refractivity contribution in [3.63, 3.8) is 0 Å². The van der Waals surface area contributed by atoms with Crippen molar-refractivity contribution in [3.05, 3.63) is 89.7 Å². The van der Waals surface area contributed by atoms with E-state index in [-0.39, 0.29) is 17.6 Å². The van der Waals surface area contributed by atoms with Crippen LogP contribution in [0.15, 0.2) is 77.8 Å². The molecule has 3 aromatic carbocycles. The number of hydrogen-bond acceptors (Lipinski definition) is 3. The van der Waals surface area contributed by atoms with Gasteiger partial charge in [0, 0.05) is 0 Å². The summed E-state index contributed by atoms with van der Waals surface area (Å²) in [4.78, 5) is 4.52. The maximum atomic E-state index is 13.9. The fraction of sp³-hybridized carbons (Fsp3) is 0.0952. The Hall–Kier alpha value is -3.14. The van der Waals surface area contributed by atoms with Crippen LogP contribution in [0, 0.1) is 5.82 Å². The molecular weight excluding hydrogens is 317 g/mol. The third-order valence-electron chi connectivity index (χ3n) is 4.25. The highest BCUT2D eigenvalue weighted by atomic mass is 19.1. The minimum absolute atomic E-state index is 0.136. The van der Waals surface area contributed by atoms with Gasteiger partial charge in [0.25, 0.3) is 0 Å². The molecule has 0 spiro atoms. The smallest absolute Gasteiger partial charge is 0.219 e. The van der Waals surface area contributed by atoms with Gasteiger partial charge in [-0.25, -0.2) is 9.38 Å². The molecule has 0 amide bonds. The SMILES string of the molecule is Oc1ccc(-c2ccc(C3COC(c4ccccc4F)=N3)cc2)cc1. The van der Waals surface area contributed by atoms with Gasteiger partial charge in [0.2, 0.25) is 5.90 Å². The van der Waals surface area contributed by atoms with Crippen LogP contribution in [0.4, 0.5) is 4.39 Å². The van der Waals surface area contributed by atoms with E-state index in [0.717, 1.165) is 16.7 Å². The van der Waals surface area contributed by atoms with Crippen molar-refractivity contribution in [1.82, 2.24) is 0 Å². The molecule has 1 unspecified atom stereocenters. The number of nitrogens with zero attached hydrogens (tertiary/aromatic N) is 1. The minimum atomic E-state index is -0.329. The number of phenols is 1. The molecule has 1 N–H and O–H groups in total. The number of ether oxygens (including phenoxy) is 1. The van der Waals surface area contributed by atoms with Gasteiger partial charge in [0.1, 0.15) is 24.2 Å². The average Bonchev–Trinajstić information content (AvgIpc) is 3.13. The molecule has 0 aromatic heterocycles. The predicted molar refractivity (Wildman–Crippen MR) is 95.2 cm³/mol. The Kier molecular flexibility index (Phi) is 3.94. The summed E-state index contributed by atoms with van der Waals surface area (Å²) >= 11 is 0. The number of hydrogen-bond donors (Lipinski definition) is 1. The van der Waals surface area contributed by atoms with Gasteiger partial charge >= 0.3 is 0 Å². The lowest BCUT2D eigenvalue weighted by Crippen LogP contribution is -2.03. The van der Waals surface area contributed by atoms with Crippen LogP contribution in [-0.2, 0) is 4.74 Å². The molecule has 0 radical (unpaired) electrons. The summed E-state index contributed by atoms with van der Waals surface area (Å²) < 4.78 is 19.5. The lowest BCUT2D eigenvalue weighted by molar-refractivity contribution is 0.319. The van der Waals surface area contributed by atoms with Crippen LogP contribution in [0.1, 0.15) is 17.2 Å². The summed E-state index contributed by atoms with van der Waals surface area (Å²) in [5.41, 5.74) is 3.50. The Balaban J connectivity index is 1.57. The number of benzene rings is 3. The fourth-order valence-electron chi connectivity index (χ4n) is 2.88. The van der Waals surface area contributed by atoms with Gasteiger partial charge < -0.3 is 9.84 Å². The van der Waals surface area contributed by atoms with Gasteiger partial charge in [-0.15, -0.1) is 0 Å². The molecule has 0 bridgehead atoms. The van der Waals surface area contributed by atoms with Crippen molar-refractivity contribution in [2.24, 2.45) is 4.99 Å². The quantitative estimate of drug-likeness (QED) is 0.754. The van der Waals surface area contributed by atoms with Crippen molar-refractivity contribution < 1.29 is 14.2 Å². The molecular formula is C21H16FNO2. The van der Waals surface area contributed by atoms with E-state index < -0.39 is 0 Å². The number of aromatic hydroxyl groups is 1. The molecule has 0 aliphatic carbocycles. The van der Waals surface area contributed by atoms with Crippen LogP contribution in [-0.4, -0.2) is 17.6 Å². The summed E-state index contributed by atoms with van der Waals surface area (Å²) in [6.45, 7) is 0.405. The van der Waals surface area contributed by atoms with E-state index in [9.17, 15) is 9.50 Å². The zero-order chi connectivity index (χ0) is 17.2. The van der Waals surface area contributed by atoms with Gasteiger partial charge in [-0.05, 0) is 41.0 Å². The zero-order valence-electron chi connectivity index (χ0n) is 13.4. The standard InChI is InChI=1S/C21H16FNO2/c22-19-4-2-1-3-18(19)21-23-20(13-25-21)16-7-5-14(6-8-16)15-9-11-17(24)12-10-15/h1-12,20,24H,13H2. The Bertz CT molecular complexity index is 917. The fourth-order valence-corrected chi connectivity index (χ4v) is 2.88. The van der Waals surface area contributed by atoms with E-state index in [1.165, 1.54) is 6.07 Å². The maximum Gasteiger partial charge on any atom is 0.219 e. The van der Waals surface area contributed by atoms with Crippen LogP contribution in [0.5, 0.6) is 5.75 Å². The van der Waals surface area contributed by atoms with Crippen molar-refractivity contribution in [2.45, 2.75) is 6.04 Å². The largest absolute Gasteiger partial charge is 0.508 e. The van der Waals surface area contributed by atoms with E-state index in [1.807, 2.05) is 36.4 Å². The van der Waals surface area contributed by atoms with Crippen molar-refractivity contribution in [2.75, 3.05) is 6.61 Å². The average molecular weight is 333 g/mol. The van der Waals surface area contributed by atoms with Crippen molar-refractivity contribution >= 4 is 5.90 Å². The topological polar surface area (TPSA) is 41.8 Å². The second kappa shape index (κ2) is 6.40. The van der Waals surface area contributed by atoms with Gasteiger partial charge in [-0.3, -0.25) is 0 Å². The normalized spacial score (nSPS) is 16.4. The summed E-state index contributed by atoms with van der Waals surface area (Å²) in [7, 11) is 0. The van der Waals surface area contributed by atoms with Crippen LogP contribution in [0.2, 0.25) is 0 Å². The van der Waals surface area contributed by atoms with Gasteiger partial charge in [-0.2, -0.15) is 0 Å². The highest BCUT2D eigenvalue weighted by Crippen LogP contribution is 2.28. The molecule has 4 rings (SSSR count). The highest BCUT2D eigenvalue weighted by Gasteiger charge is 2.23. The third-order valence-corrected chi connectivity index (χ3v) is 4.25. The Labute approximate surface area is 145 Å². The van der Waals surface area contributed by atoms with Crippen LogP contribution in [0.25, 0.3) is 11.1 Å². The molecule has 1 aliphatic heterocycles. The Morgan fingerprint density at radius 3 is 2.20 bits per heavy atom. The van der Waals surface area contributed by atoms with E-state index in [2.05, 4.69) is 4.99 Å². The molecule has 3 aromatic rings. The van der Waals surface area contributed by atoms with Gasteiger partial charge in [0.05, 0.1) is 5.56 Å². The zero-order valence-corrected chi connectivity index (χ0v) is 13.4. The summed E-state index contributed by atoms with van der Waals surface area (Å²) in [6, 6.07) is 21.5. The van der Waals surface area contributed by atoms with E-state index in [0.29, 0.717) is 18.1 Å². The molecule has 0 fully saturated rings. The lowest BCUT2D eigenvalue weighted by atomic mass is 10.0. The number of rotatable bonds is 3. The maximum absolute atomic E-state index is 13.9. The highest BCUT2D eigenvalue weighted by molar-refractivity contribution is 5.95. The van der Waals surface area contributed by atoms with E-state index >= 15 is 0 Å². The summed E-state index contributed by atoms with van der Waals surface area (Å²) in [5, 5.41) is 9.37. The monoisotopic (exact) mass is 333 g/mol. The predicted octanol–water partition coefficient (Wildman–Crippen LogP) is 4.72. The second-order valence-electron chi connectivity index (χ2n) is 5.91. The van der Waals surface area contributed by atoms with Crippen LogP contribution < -0.4 is 0 Å². The first-order valence-electron chi connectivity index (χ1n) is 8.05. The first kappa shape index (κ1) is 15.4. The molecule has 1 aliphatic rings. The van der Waals surface area contributed by atoms with Gasteiger partial charge in [-0.1, -0.05) is 48.5 Å². The van der Waals surface area contributed by atoms with Crippen molar-refractivity contribution in [1.29, 1.82) is 0 Å². The number of phenolic OH excluding ortho intramolecular Hbond substituents is 1. The third kappa shape index (κ3) is 3.11. The van der Waals surface area contributed by atoms with Gasteiger partial charge in [0.15, 0.2) is 0 Å². The molecule has 124 valence electrons. The minimum Gasteiger partial charge on any atom is -0.508 e. The number of halogens is 1. The molecule has 1 heterocycles. The summed E-state index contributed by atoms with van der Waals surface area (Å²) in [6.07, 6.45) is 0.